The van der Waals surface area contributed by atoms with Crippen molar-refractivity contribution in [3.63, 3.8) is 0 Å². The van der Waals surface area contributed by atoms with Crippen LogP contribution in [0.3, 0.4) is 0 Å². The Bertz CT molecular complexity index is 658. The van der Waals surface area contributed by atoms with Gasteiger partial charge in [0.25, 0.3) is 0 Å². The van der Waals surface area contributed by atoms with Gasteiger partial charge in [0.1, 0.15) is 5.84 Å². The van der Waals surface area contributed by atoms with Crippen LogP contribution in [0.15, 0.2) is 40.6 Å². The highest BCUT2D eigenvalue weighted by Crippen LogP contribution is 2.47. The topological polar surface area (TPSA) is 109 Å². The smallest absolute Gasteiger partial charge is 0.192 e. The van der Waals surface area contributed by atoms with Gasteiger partial charge in [-0.3, -0.25) is 0 Å². The molecule has 6 N–H and O–H groups in total. The van der Waals surface area contributed by atoms with Gasteiger partial charge in [0.15, 0.2) is 5.96 Å². The van der Waals surface area contributed by atoms with Crippen molar-refractivity contribution >= 4 is 17.4 Å². The molecule has 116 valence electrons. The molecule has 0 saturated heterocycles. The second-order valence-corrected chi connectivity index (χ2v) is 6.05. The van der Waals surface area contributed by atoms with Crippen LogP contribution in [0, 0.1) is 5.92 Å². The predicted octanol–water partition coefficient (Wildman–Crippen LogP) is 1.36. The largest absolute Gasteiger partial charge is 0.409 e. The molecule has 1 fully saturated rings. The Morgan fingerprint density at radius 1 is 1.36 bits per heavy atom. The van der Waals surface area contributed by atoms with E-state index < -0.39 is 5.41 Å². The highest BCUT2D eigenvalue weighted by Gasteiger charge is 2.46. The molecule has 6 heteroatoms. The fourth-order valence-corrected chi connectivity index (χ4v) is 2.99. The molecule has 1 heterocycles. The van der Waals surface area contributed by atoms with Gasteiger partial charge in [-0.25, -0.2) is 4.99 Å². The first kappa shape index (κ1) is 14.4. The molecule has 1 aromatic carbocycles. The Balaban J connectivity index is 1.88. The number of nitrogens with zero attached hydrogens (tertiary/aromatic N) is 2. The van der Waals surface area contributed by atoms with Crippen LogP contribution < -0.4 is 16.8 Å². The SMILES string of the molecule is CC(/C(N)=N/O)(c1ccc(C2=CNC(N)=NC2)cc1)C1CC1. The third-order valence-electron chi connectivity index (χ3n) is 4.70. The Kier molecular flexibility index (Phi) is 3.52. The summed E-state index contributed by atoms with van der Waals surface area (Å²) < 4.78 is 0. The van der Waals surface area contributed by atoms with Gasteiger partial charge in [0.2, 0.25) is 0 Å². The zero-order valence-corrected chi connectivity index (χ0v) is 12.6. The maximum Gasteiger partial charge on any atom is 0.192 e. The first-order chi connectivity index (χ1) is 10.6. The van der Waals surface area contributed by atoms with Crippen molar-refractivity contribution in [3.8, 4) is 0 Å². The Hall–Kier alpha value is -2.50. The van der Waals surface area contributed by atoms with Crippen LogP contribution in [0.25, 0.3) is 5.57 Å². The first-order valence-corrected chi connectivity index (χ1v) is 7.40. The van der Waals surface area contributed by atoms with Gasteiger partial charge in [0.05, 0.1) is 12.0 Å². The van der Waals surface area contributed by atoms with E-state index in [9.17, 15) is 0 Å². The maximum atomic E-state index is 9.11. The normalized spacial score (nSPS) is 21.4. The second kappa shape index (κ2) is 5.36. The summed E-state index contributed by atoms with van der Waals surface area (Å²) in [5.74, 6) is 1.15. The van der Waals surface area contributed by atoms with E-state index in [1.54, 1.807) is 0 Å². The van der Waals surface area contributed by atoms with Crippen molar-refractivity contribution in [1.82, 2.24) is 5.32 Å². The fourth-order valence-electron chi connectivity index (χ4n) is 2.99. The molecule has 0 bridgehead atoms. The molecule has 1 saturated carbocycles. The first-order valence-electron chi connectivity index (χ1n) is 7.40. The number of guanidine groups is 1. The Morgan fingerprint density at radius 3 is 2.55 bits per heavy atom. The number of hydrogen-bond donors (Lipinski definition) is 4. The third kappa shape index (κ3) is 2.41. The van der Waals surface area contributed by atoms with Crippen LogP contribution in [-0.4, -0.2) is 23.5 Å². The minimum absolute atomic E-state index is 0.277. The number of benzene rings is 1. The number of aliphatic imine (C=N–C) groups is 1. The molecule has 1 unspecified atom stereocenters. The van der Waals surface area contributed by atoms with E-state index in [-0.39, 0.29) is 5.84 Å². The summed E-state index contributed by atoms with van der Waals surface area (Å²) in [4.78, 5) is 4.18. The van der Waals surface area contributed by atoms with E-state index in [0.717, 1.165) is 29.5 Å². The van der Waals surface area contributed by atoms with Gasteiger partial charge in [0, 0.05) is 6.20 Å². The lowest BCUT2D eigenvalue weighted by molar-refractivity contribution is 0.310. The average molecular weight is 299 g/mol. The minimum Gasteiger partial charge on any atom is -0.409 e. The fraction of sp³-hybridized carbons (Fsp3) is 0.375. The number of hydrogen-bond acceptors (Lipinski definition) is 5. The van der Waals surface area contributed by atoms with E-state index >= 15 is 0 Å². The molecule has 1 aromatic rings. The average Bonchev–Trinajstić information content (AvgIpc) is 3.39. The van der Waals surface area contributed by atoms with E-state index in [1.807, 2.05) is 37.4 Å². The van der Waals surface area contributed by atoms with Crippen LogP contribution in [0.4, 0.5) is 0 Å². The summed E-state index contributed by atoms with van der Waals surface area (Å²) >= 11 is 0. The van der Waals surface area contributed by atoms with Crippen molar-refractivity contribution in [2.24, 2.45) is 27.5 Å². The second-order valence-electron chi connectivity index (χ2n) is 6.05. The summed E-state index contributed by atoms with van der Waals surface area (Å²) in [5, 5.41) is 15.3. The van der Waals surface area contributed by atoms with Crippen LogP contribution in [0.2, 0.25) is 0 Å². The molecule has 2 aliphatic rings. The van der Waals surface area contributed by atoms with Crippen molar-refractivity contribution in [3.05, 3.63) is 41.6 Å². The van der Waals surface area contributed by atoms with Gasteiger partial charge in [-0.2, -0.15) is 0 Å². The van der Waals surface area contributed by atoms with Gasteiger partial charge >= 0.3 is 0 Å². The molecule has 1 atom stereocenters. The lowest BCUT2D eigenvalue weighted by atomic mass is 9.76. The summed E-state index contributed by atoms with van der Waals surface area (Å²) in [7, 11) is 0. The zero-order chi connectivity index (χ0) is 15.7. The molecule has 1 aliphatic carbocycles. The van der Waals surface area contributed by atoms with E-state index in [0.29, 0.717) is 18.4 Å². The quantitative estimate of drug-likeness (QED) is 0.291. The summed E-state index contributed by atoms with van der Waals surface area (Å²) in [6, 6.07) is 8.19. The number of rotatable bonds is 4. The number of oxime groups is 1. The maximum absolute atomic E-state index is 9.11. The number of nitrogens with one attached hydrogen (secondary N) is 1. The van der Waals surface area contributed by atoms with Crippen LogP contribution in [0.5, 0.6) is 0 Å². The highest BCUT2D eigenvalue weighted by molar-refractivity contribution is 5.92. The predicted molar refractivity (Wildman–Crippen MR) is 87.5 cm³/mol. The Morgan fingerprint density at radius 2 is 2.05 bits per heavy atom. The lowest BCUT2D eigenvalue weighted by Crippen LogP contribution is -2.40. The Labute approximate surface area is 129 Å². The summed E-state index contributed by atoms with van der Waals surface area (Å²) in [6.07, 6.45) is 4.09. The highest BCUT2D eigenvalue weighted by atomic mass is 16.4. The lowest BCUT2D eigenvalue weighted by Gasteiger charge is -2.29. The van der Waals surface area contributed by atoms with Crippen LogP contribution in [-0.2, 0) is 5.41 Å². The molecular formula is C16H21N5O. The number of nitrogens with two attached hydrogens (primary N) is 2. The van der Waals surface area contributed by atoms with Crippen LogP contribution in [0.1, 0.15) is 30.9 Å². The van der Waals surface area contributed by atoms with Gasteiger partial charge < -0.3 is 22.0 Å². The van der Waals surface area contributed by atoms with E-state index in [4.69, 9.17) is 16.7 Å². The summed E-state index contributed by atoms with van der Waals surface area (Å²) in [5.41, 5.74) is 14.4. The molecular weight excluding hydrogens is 278 g/mol. The molecule has 6 nitrogen and oxygen atoms in total. The van der Waals surface area contributed by atoms with Gasteiger partial charge in [-0.1, -0.05) is 29.4 Å². The number of amidine groups is 1. The monoisotopic (exact) mass is 299 g/mol. The van der Waals surface area contributed by atoms with Crippen molar-refractivity contribution in [2.45, 2.75) is 25.2 Å². The zero-order valence-electron chi connectivity index (χ0n) is 12.6. The van der Waals surface area contributed by atoms with E-state index in [1.165, 1.54) is 0 Å². The van der Waals surface area contributed by atoms with Gasteiger partial charge in [-0.05, 0) is 42.4 Å². The molecule has 1 aliphatic heterocycles. The third-order valence-corrected chi connectivity index (χ3v) is 4.70. The van der Waals surface area contributed by atoms with Crippen molar-refractivity contribution in [1.29, 1.82) is 0 Å². The van der Waals surface area contributed by atoms with Gasteiger partial charge in [-0.15, -0.1) is 0 Å². The molecule has 3 rings (SSSR count). The molecule has 0 amide bonds. The van der Waals surface area contributed by atoms with E-state index in [2.05, 4.69) is 15.5 Å². The van der Waals surface area contributed by atoms with Crippen molar-refractivity contribution < 1.29 is 5.21 Å². The van der Waals surface area contributed by atoms with Crippen LogP contribution >= 0.6 is 0 Å². The minimum atomic E-state index is -0.408. The molecule has 0 spiro atoms. The van der Waals surface area contributed by atoms with Crippen molar-refractivity contribution in [2.75, 3.05) is 6.54 Å². The standard InChI is InChI=1S/C16H21N5O/c1-16(13-6-7-13,14(17)21-22)12-4-2-10(3-5-12)11-8-19-15(18)20-9-11/h2-5,8,13,22H,6-7,9H2,1H3,(H2,17,21)(H3,18,19,20). The molecule has 0 aromatic heterocycles. The summed E-state index contributed by atoms with van der Waals surface area (Å²) in [6.45, 7) is 2.61. The molecule has 0 radical (unpaired) electrons. The molecule has 22 heavy (non-hydrogen) atoms.